The van der Waals surface area contributed by atoms with Crippen LogP contribution in [0.1, 0.15) is 37.5 Å². The number of halogens is 3. The average Bonchev–Trinajstić information content (AvgIpc) is 2.68. The standard InChI is InChI=1S/C24H23F3O/c1-17(2)16-23(20-6-4-3-5-7-20)28-22-14-10-19(11-15-22)18-8-12-21(13-9-18)24(25,26)27/h3-15,17,23H,16H2,1-2H3. The highest BCUT2D eigenvalue weighted by atomic mass is 19.4. The Morgan fingerprint density at radius 1 is 0.750 bits per heavy atom. The molecule has 28 heavy (non-hydrogen) atoms. The molecule has 0 saturated heterocycles. The third-order valence-corrected chi connectivity index (χ3v) is 4.54. The lowest BCUT2D eigenvalue weighted by atomic mass is 9.99. The number of alkyl halides is 3. The number of ether oxygens (including phenoxy) is 1. The molecule has 0 amide bonds. The van der Waals surface area contributed by atoms with Crippen molar-refractivity contribution in [2.75, 3.05) is 0 Å². The molecule has 0 aromatic heterocycles. The number of hydrogen-bond donors (Lipinski definition) is 0. The van der Waals surface area contributed by atoms with E-state index in [0.29, 0.717) is 5.92 Å². The van der Waals surface area contributed by atoms with Gasteiger partial charge in [0.05, 0.1) is 5.56 Å². The lowest BCUT2D eigenvalue weighted by Gasteiger charge is -2.21. The summed E-state index contributed by atoms with van der Waals surface area (Å²) in [5.41, 5.74) is 2.07. The van der Waals surface area contributed by atoms with Crippen LogP contribution in [0.2, 0.25) is 0 Å². The summed E-state index contributed by atoms with van der Waals surface area (Å²) in [5.74, 6) is 1.22. The third kappa shape index (κ3) is 5.16. The van der Waals surface area contributed by atoms with Gasteiger partial charge in [0.15, 0.2) is 0 Å². The summed E-state index contributed by atoms with van der Waals surface area (Å²) in [4.78, 5) is 0. The van der Waals surface area contributed by atoms with Crippen LogP contribution in [0.4, 0.5) is 13.2 Å². The van der Waals surface area contributed by atoms with Crippen molar-refractivity contribution < 1.29 is 17.9 Å². The van der Waals surface area contributed by atoms with Gasteiger partial charge in [-0.1, -0.05) is 68.4 Å². The predicted molar refractivity (Wildman–Crippen MR) is 106 cm³/mol. The van der Waals surface area contributed by atoms with Crippen LogP contribution in [-0.2, 0) is 6.18 Å². The molecule has 146 valence electrons. The summed E-state index contributed by atoms with van der Waals surface area (Å²) in [5, 5.41) is 0. The Hall–Kier alpha value is -2.75. The Morgan fingerprint density at radius 3 is 1.79 bits per heavy atom. The van der Waals surface area contributed by atoms with E-state index < -0.39 is 11.7 Å². The van der Waals surface area contributed by atoms with Crippen LogP contribution in [0, 0.1) is 5.92 Å². The maximum atomic E-state index is 12.7. The summed E-state index contributed by atoms with van der Waals surface area (Å²) >= 11 is 0. The zero-order chi connectivity index (χ0) is 20.1. The van der Waals surface area contributed by atoms with Crippen molar-refractivity contribution in [2.24, 2.45) is 5.92 Å². The fraction of sp³-hybridized carbons (Fsp3) is 0.250. The fourth-order valence-corrected chi connectivity index (χ4v) is 3.09. The molecule has 0 bridgehead atoms. The lowest BCUT2D eigenvalue weighted by molar-refractivity contribution is -0.137. The van der Waals surface area contributed by atoms with E-state index in [-0.39, 0.29) is 6.10 Å². The van der Waals surface area contributed by atoms with Crippen LogP contribution in [-0.4, -0.2) is 0 Å². The van der Waals surface area contributed by atoms with Gasteiger partial charge in [0.25, 0.3) is 0 Å². The fourth-order valence-electron chi connectivity index (χ4n) is 3.09. The van der Waals surface area contributed by atoms with Crippen molar-refractivity contribution in [2.45, 2.75) is 32.5 Å². The monoisotopic (exact) mass is 384 g/mol. The molecule has 0 fully saturated rings. The molecule has 0 saturated carbocycles. The van der Waals surface area contributed by atoms with E-state index in [0.717, 1.165) is 41.0 Å². The summed E-state index contributed by atoms with van der Waals surface area (Å²) in [6.45, 7) is 4.32. The van der Waals surface area contributed by atoms with Crippen LogP contribution < -0.4 is 4.74 Å². The number of hydrogen-bond acceptors (Lipinski definition) is 1. The maximum Gasteiger partial charge on any atom is 0.416 e. The van der Waals surface area contributed by atoms with E-state index in [4.69, 9.17) is 4.74 Å². The van der Waals surface area contributed by atoms with Crippen molar-refractivity contribution >= 4 is 0 Å². The molecule has 3 rings (SSSR count). The van der Waals surface area contributed by atoms with Crippen molar-refractivity contribution in [3.05, 3.63) is 90.0 Å². The molecule has 0 heterocycles. The molecule has 1 atom stereocenters. The Balaban J connectivity index is 1.76. The summed E-state index contributed by atoms with van der Waals surface area (Å²) < 4.78 is 44.3. The Kier molecular flexibility index (Phi) is 6.08. The van der Waals surface area contributed by atoms with Gasteiger partial charge in [0.2, 0.25) is 0 Å². The smallest absolute Gasteiger partial charge is 0.416 e. The highest BCUT2D eigenvalue weighted by molar-refractivity contribution is 5.64. The van der Waals surface area contributed by atoms with Crippen LogP contribution >= 0.6 is 0 Å². The van der Waals surface area contributed by atoms with E-state index in [1.165, 1.54) is 12.1 Å². The first-order valence-corrected chi connectivity index (χ1v) is 9.32. The molecule has 4 heteroatoms. The minimum Gasteiger partial charge on any atom is -0.486 e. The summed E-state index contributed by atoms with van der Waals surface area (Å²) in [7, 11) is 0. The Bertz CT molecular complexity index is 866. The van der Waals surface area contributed by atoms with Crippen molar-refractivity contribution in [1.29, 1.82) is 0 Å². The van der Waals surface area contributed by atoms with Gasteiger partial charge in [-0.2, -0.15) is 13.2 Å². The molecule has 0 aliphatic rings. The van der Waals surface area contributed by atoms with E-state index in [2.05, 4.69) is 26.0 Å². The Labute approximate surface area is 163 Å². The third-order valence-electron chi connectivity index (χ3n) is 4.54. The number of benzene rings is 3. The zero-order valence-electron chi connectivity index (χ0n) is 15.9. The van der Waals surface area contributed by atoms with Crippen molar-refractivity contribution in [1.82, 2.24) is 0 Å². The average molecular weight is 384 g/mol. The second-order valence-electron chi connectivity index (χ2n) is 7.25. The van der Waals surface area contributed by atoms with Crippen LogP contribution in [0.25, 0.3) is 11.1 Å². The lowest BCUT2D eigenvalue weighted by Crippen LogP contribution is -2.10. The van der Waals surface area contributed by atoms with Gasteiger partial charge in [-0.05, 0) is 53.3 Å². The maximum absolute atomic E-state index is 12.7. The summed E-state index contributed by atoms with van der Waals surface area (Å²) in [6.07, 6.45) is -3.47. The molecular weight excluding hydrogens is 361 g/mol. The van der Waals surface area contributed by atoms with Crippen molar-refractivity contribution in [3.8, 4) is 16.9 Å². The second-order valence-corrected chi connectivity index (χ2v) is 7.25. The molecule has 1 unspecified atom stereocenters. The minimum absolute atomic E-state index is 0.0434. The second kappa shape index (κ2) is 8.51. The number of rotatable bonds is 6. The molecule has 0 aliphatic heterocycles. The van der Waals surface area contributed by atoms with Gasteiger partial charge in [-0.3, -0.25) is 0 Å². The van der Waals surface area contributed by atoms with Gasteiger partial charge in [-0.25, -0.2) is 0 Å². The van der Waals surface area contributed by atoms with Crippen LogP contribution in [0.5, 0.6) is 5.75 Å². The quantitative estimate of drug-likeness (QED) is 0.426. The molecule has 3 aromatic carbocycles. The predicted octanol–water partition coefficient (Wildman–Crippen LogP) is 7.54. The molecule has 3 aromatic rings. The minimum atomic E-state index is -4.32. The molecule has 0 N–H and O–H groups in total. The van der Waals surface area contributed by atoms with E-state index in [9.17, 15) is 13.2 Å². The van der Waals surface area contributed by atoms with E-state index in [1.54, 1.807) is 0 Å². The summed E-state index contributed by atoms with van der Waals surface area (Å²) in [6, 6.07) is 22.8. The van der Waals surface area contributed by atoms with E-state index in [1.807, 2.05) is 42.5 Å². The highest BCUT2D eigenvalue weighted by Gasteiger charge is 2.29. The molecule has 0 radical (unpaired) electrons. The van der Waals surface area contributed by atoms with Crippen LogP contribution in [0.15, 0.2) is 78.9 Å². The van der Waals surface area contributed by atoms with Gasteiger partial charge < -0.3 is 4.74 Å². The molecular formula is C24H23F3O. The normalized spacial score (nSPS) is 12.8. The first-order valence-electron chi connectivity index (χ1n) is 9.32. The highest BCUT2D eigenvalue weighted by Crippen LogP contribution is 2.32. The first kappa shape index (κ1) is 20.0. The van der Waals surface area contributed by atoms with Gasteiger partial charge in [-0.15, -0.1) is 0 Å². The molecule has 0 spiro atoms. The van der Waals surface area contributed by atoms with Crippen LogP contribution in [0.3, 0.4) is 0 Å². The molecule has 1 nitrogen and oxygen atoms in total. The first-order chi connectivity index (χ1) is 13.3. The van der Waals surface area contributed by atoms with Gasteiger partial charge in [0, 0.05) is 0 Å². The van der Waals surface area contributed by atoms with Crippen molar-refractivity contribution in [3.63, 3.8) is 0 Å². The molecule has 0 aliphatic carbocycles. The topological polar surface area (TPSA) is 9.23 Å². The van der Waals surface area contributed by atoms with E-state index >= 15 is 0 Å². The van der Waals surface area contributed by atoms with Gasteiger partial charge in [0.1, 0.15) is 11.9 Å². The zero-order valence-corrected chi connectivity index (χ0v) is 15.9. The SMILES string of the molecule is CC(C)CC(Oc1ccc(-c2ccc(C(F)(F)F)cc2)cc1)c1ccccc1. The largest absolute Gasteiger partial charge is 0.486 e. The Morgan fingerprint density at radius 2 is 1.29 bits per heavy atom. The van der Waals surface area contributed by atoms with Gasteiger partial charge >= 0.3 is 6.18 Å².